The molecule has 0 aromatic carbocycles. The van der Waals surface area contributed by atoms with Gasteiger partial charge in [0, 0.05) is 45.5 Å². The van der Waals surface area contributed by atoms with Crippen molar-refractivity contribution in [1.29, 1.82) is 0 Å². The number of thiophene rings is 1. The summed E-state index contributed by atoms with van der Waals surface area (Å²) < 4.78 is 3.25. The molecule has 0 bridgehead atoms. The second-order valence-electron chi connectivity index (χ2n) is 6.07. The van der Waals surface area contributed by atoms with Crippen molar-refractivity contribution >= 4 is 27.3 Å². The number of nitrogens with zero attached hydrogens (tertiary/aromatic N) is 5. The molecule has 23 heavy (non-hydrogen) atoms. The van der Waals surface area contributed by atoms with Gasteiger partial charge >= 0.3 is 0 Å². The maximum absolute atomic E-state index is 12.9. The van der Waals surface area contributed by atoms with Gasteiger partial charge < -0.3 is 9.91 Å². The van der Waals surface area contributed by atoms with Gasteiger partial charge in [-0.05, 0) is 12.8 Å². The molecule has 2 aromatic heterocycles. The van der Waals surface area contributed by atoms with Crippen LogP contribution in [0.5, 0.6) is 0 Å². The Hall–Kier alpha value is -2.15. The Kier molecular flexibility index (Phi) is 3.45. The molecule has 1 fully saturated rings. The first-order valence-electron chi connectivity index (χ1n) is 7.85. The molecule has 0 saturated carbocycles. The largest absolute Gasteiger partial charge is 0.380 e. The van der Waals surface area contributed by atoms with Crippen molar-refractivity contribution < 1.29 is 0 Å². The fourth-order valence-corrected chi connectivity index (χ4v) is 4.26. The first-order valence-corrected chi connectivity index (χ1v) is 8.67. The van der Waals surface area contributed by atoms with E-state index in [1.807, 2.05) is 26.4 Å². The van der Waals surface area contributed by atoms with Crippen LogP contribution in [0.2, 0.25) is 0 Å². The lowest BCUT2D eigenvalue weighted by Gasteiger charge is -2.19. The van der Waals surface area contributed by atoms with Crippen molar-refractivity contribution in [2.24, 2.45) is 4.99 Å². The standard InChI is InChI=1S/C16H19N5OS/c1-19(2)11-6-5-7-17-15-12(11)13-14(23-15)16(22)21(10-18-13)20-8-3-4-9-20/h5,7,10H,3-4,6,8-9H2,1-2H3. The normalized spacial score (nSPS) is 17.3. The van der Waals surface area contributed by atoms with Crippen LogP contribution in [-0.2, 0) is 0 Å². The van der Waals surface area contributed by atoms with Crippen molar-refractivity contribution in [3.63, 3.8) is 0 Å². The molecule has 0 spiro atoms. The van der Waals surface area contributed by atoms with E-state index in [0.29, 0.717) is 4.70 Å². The number of aromatic nitrogens is 2. The molecule has 4 heterocycles. The maximum atomic E-state index is 12.9. The summed E-state index contributed by atoms with van der Waals surface area (Å²) in [5.41, 5.74) is 1.95. The molecule has 6 nitrogen and oxygen atoms in total. The van der Waals surface area contributed by atoms with E-state index in [0.717, 1.165) is 53.5 Å². The van der Waals surface area contributed by atoms with Crippen molar-refractivity contribution in [3.8, 4) is 0 Å². The van der Waals surface area contributed by atoms with Gasteiger partial charge in [-0.2, -0.15) is 0 Å². The third-order valence-corrected chi connectivity index (χ3v) is 5.46. The van der Waals surface area contributed by atoms with E-state index in [2.05, 4.69) is 19.9 Å². The molecule has 1 saturated heterocycles. The number of hydrogen-bond acceptors (Lipinski definition) is 6. The van der Waals surface area contributed by atoms with Crippen LogP contribution in [0, 0.1) is 0 Å². The predicted molar refractivity (Wildman–Crippen MR) is 92.7 cm³/mol. The molecule has 120 valence electrons. The Labute approximate surface area is 137 Å². The minimum atomic E-state index is 0.0206. The number of fused-ring (bicyclic) bond motifs is 3. The molecule has 0 radical (unpaired) electrons. The van der Waals surface area contributed by atoms with Gasteiger partial charge in [0.25, 0.3) is 5.56 Å². The van der Waals surface area contributed by atoms with Crippen LogP contribution in [0.4, 0.5) is 0 Å². The minimum absolute atomic E-state index is 0.0206. The van der Waals surface area contributed by atoms with E-state index in [1.54, 1.807) is 11.0 Å². The zero-order chi connectivity index (χ0) is 16.0. The van der Waals surface area contributed by atoms with Crippen LogP contribution in [0.3, 0.4) is 0 Å². The predicted octanol–water partition coefficient (Wildman–Crippen LogP) is 0.397. The average Bonchev–Trinajstić information content (AvgIpc) is 3.12. The molecule has 7 heteroatoms. The smallest absolute Gasteiger partial charge is 0.290 e. The SMILES string of the molecule is CN(C)C1=c2c(sc3c(=O)n(N4CCCC4)cnc23)=NC=CC1. The summed E-state index contributed by atoms with van der Waals surface area (Å²) in [7, 11) is 4.04. The summed E-state index contributed by atoms with van der Waals surface area (Å²) in [5, 5.41) is 3.08. The second-order valence-corrected chi connectivity index (χ2v) is 7.07. The van der Waals surface area contributed by atoms with Gasteiger partial charge in [-0.15, -0.1) is 11.3 Å². The van der Waals surface area contributed by atoms with Gasteiger partial charge in [0.2, 0.25) is 0 Å². The first-order chi connectivity index (χ1) is 11.2. The van der Waals surface area contributed by atoms with E-state index in [1.165, 1.54) is 11.3 Å². The molecule has 0 amide bonds. The summed E-state index contributed by atoms with van der Waals surface area (Å²) in [5.74, 6) is 0. The Morgan fingerprint density at radius 1 is 1.26 bits per heavy atom. The van der Waals surface area contributed by atoms with E-state index >= 15 is 0 Å². The van der Waals surface area contributed by atoms with Crippen LogP contribution in [0.25, 0.3) is 15.9 Å². The highest BCUT2D eigenvalue weighted by atomic mass is 32.1. The fraction of sp³-hybridized carbons (Fsp3) is 0.438. The zero-order valence-electron chi connectivity index (χ0n) is 13.3. The molecular weight excluding hydrogens is 310 g/mol. The second kappa shape index (κ2) is 5.49. The van der Waals surface area contributed by atoms with Gasteiger partial charge in [-0.1, -0.05) is 6.08 Å². The molecule has 2 aliphatic heterocycles. The molecular formula is C16H19N5OS. The van der Waals surface area contributed by atoms with Crippen LogP contribution < -0.4 is 20.5 Å². The van der Waals surface area contributed by atoms with Gasteiger partial charge in [0.1, 0.15) is 15.7 Å². The Bertz CT molecular complexity index is 963. The van der Waals surface area contributed by atoms with E-state index in [4.69, 9.17) is 0 Å². The Morgan fingerprint density at radius 2 is 2.04 bits per heavy atom. The van der Waals surface area contributed by atoms with Crippen LogP contribution in [-0.4, -0.2) is 41.7 Å². The summed E-state index contributed by atoms with van der Waals surface area (Å²) in [6.45, 7) is 1.83. The quantitative estimate of drug-likeness (QED) is 0.800. The molecule has 0 N–H and O–H groups in total. The van der Waals surface area contributed by atoms with E-state index in [-0.39, 0.29) is 5.56 Å². The van der Waals surface area contributed by atoms with Crippen molar-refractivity contribution in [3.05, 3.63) is 38.8 Å². The van der Waals surface area contributed by atoms with E-state index < -0.39 is 0 Å². The molecule has 0 atom stereocenters. The highest BCUT2D eigenvalue weighted by Crippen LogP contribution is 2.13. The lowest BCUT2D eigenvalue weighted by Crippen LogP contribution is -2.40. The molecule has 4 rings (SSSR count). The molecule has 2 aliphatic rings. The fourth-order valence-electron chi connectivity index (χ4n) is 3.21. The van der Waals surface area contributed by atoms with Crippen LogP contribution in [0.1, 0.15) is 19.3 Å². The Balaban J connectivity index is 2.05. The van der Waals surface area contributed by atoms with Gasteiger partial charge in [-0.25, -0.2) is 14.7 Å². The molecule has 2 aromatic rings. The number of rotatable bonds is 2. The third kappa shape index (κ3) is 2.26. The van der Waals surface area contributed by atoms with Gasteiger partial charge in [0.15, 0.2) is 0 Å². The maximum Gasteiger partial charge on any atom is 0.290 e. The Morgan fingerprint density at radius 3 is 2.78 bits per heavy atom. The lowest BCUT2D eigenvalue weighted by atomic mass is 10.2. The van der Waals surface area contributed by atoms with E-state index in [9.17, 15) is 4.79 Å². The highest BCUT2D eigenvalue weighted by molar-refractivity contribution is 7.16. The average molecular weight is 329 g/mol. The first kappa shape index (κ1) is 14.4. The lowest BCUT2D eigenvalue weighted by molar-refractivity contribution is 0.572. The van der Waals surface area contributed by atoms with Crippen molar-refractivity contribution in [2.75, 3.05) is 32.2 Å². The van der Waals surface area contributed by atoms with Crippen molar-refractivity contribution in [2.45, 2.75) is 19.3 Å². The van der Waals surface area contributed by atoms with Crippen LogP contribution in [0.15, 0.2) is 28.4 Å². The summed E-state index contributed by atoms with van der Waals surface area (Å²) in [4.78, 5) is 24.1. The summed E-state index contributed by atoms with van der Waals surface area (Å²) in [6.07, 6.45) is 8.60. The zero-order valence-corrected chi connectivity index (χ0v) is 14.1. The molecule has 0 aliphatic carbocycles. The van der Waals surface area contributed by atoms with Gasteiger partial charge in [0.05, 0.1) is 10.7 Å². The monoisotopic (exact) mass is 329 g/mol. The summed E-state index contributed by atoms with van der Waals surface area (Å²) >= 11 is 1.45. The topological polar surface area (TPSA) is 53.7 Å². The van der Waals surface area contributed by atoms with Crippen molar-refractivity contribution in [1.82, 2.24) is 14.6 Å². The highest BCUT2D eigenvalue weighted by Gasteiger charge is 2.18. The summed E-state index contributed by atoms with van der Waals surface area (Å²) in [6, 6.07) is 0. The number of hydrogen-bond donors (Lipinski definition) is 0. The molecule has 0 unspecified atom stereocenters. The van der Waals surface area contributed by atoms with Crippen LogP contribution >= 0.6 is 11.3 Å². The minimum Gasteiger partial charge on any atom is -0.380 e. The van der Waals surface area contributed by atoms with Gasteiger partial charge in [-0.3, -0.25) is 4.79 Å². The third-order valence-electron chi connectivity index (χ3n) is 4.39.